The number of benzene rings is 1. The molecule has 110 valence electrons. The number of esters is 1. The molecule has 0 saturated heterocycles. The van der Waals surface area contributed by atoms with E-state index in [0.29, 0.717) is 30.1 Å². The SMILES string of the molecule is CCOC(=O)c1ccc(N)c(N(CC)CC(=O)NC)c1. The first kappa shape index (κ1) is 15.8. The second-order valence-corrected chi connectivity index (χ2v) is 4.18. The summed E-state index contributed by atoms with van der Waals surface area (Å²) >= 11 is 0. The van der Waals surface area contributed by atoms with Crippen LogP contribution < -0.4 is 16.0 Å². The van der Waals surface area contributed by atoms with Crippen LogP contribution in [0.4, 0.5) is 11.4 Å². The number of nitrogens with one attached hydrogen (secondary N) is 1. The smallest absolute Gasteiger partial charge is 0.338 e. The highest BCUT2D eigenvalue weighted by Gasteiger charge is 2.15. The molecule has 1 aromatic rings. The van der Waals surface area contributed by atoms with Crippen LogP contribution in [0.5, 0.6) is 0 Å². The van der Waals surface area contributed by atoms with Crippen LogP contribution in [-0.4, -0.2) is 38.6 Å². The fraction of sp³-hybridized carbons (Fsp3) is 0.429. The van der Waals surface area contributed by atoms with Crippen molar-refractivity contribution in [2.75, 3.05) is 37.4 Å². The lowest BCUT2D eigenvalue weighted by atomic mass is 10.1. The van der Waals surface area contributed by atoms with Crippen molar-refractivity contribution in [3.63, 3.8) is 0 Å². The van der Waals surface area contributed by atoms with Gasteiger partial charge in [-0.15, -0.1) is 0 Å². The van der Waals surface area contributed by atoms with Crippen molar-refractivity contribution in [2.24, 2.45) is 0 Å². The van der Waals surface area contributed by atoms with Crippen LogP contribution in [0.1, 0.15) is 24.2 Å². The normalized spacial score (nSPS) is 9.95. The molecule has 0 radical (unpaired) electrons. The summed E-state index contributed by atoms with van der Waals surface area (Å²) in [5.41, 5.74) is 7.53. The van der Waals surface area contributed by atoms with Gasteiger partial charge in [-0.3, -0.25) is 4.79 Å². The summed E-state index contributed by atoms with van der Waals surface area (Å²) in [5.74, 6) is -0.516. The van der Waals surface area contributed by atoms with Gasteiger partial charge in [-0.05, 0) is 32.0 Å². The molecular formula is C14H21N3O3. The number of rotatable bonds is 6. The Bertz CT molecular complexity index is 489. The fourth-order valence-corrected chi connectivity index (χ4v) is 1.78. The summed E-state index contributed by atoms with van der Waals surface area (Å²) in [4.78, 5) is 25.0. The average Bonchev–Trinajstić information content (AvgIpc) is 2.45. The standard InChI is InChI=1S/C14H21N3O3/c1-4-17(9-13(18)16-3)12-8-10(6-7-11(12)15)14(19)20-5-2/h6-8H,4-5,9,15H2,1-3H3,(H,16,18). The van der Waals surface area contributed by atoms with Gasteiger partial charge in [0, 0.05) is 13.6 Å². The summed E-state index contributed by atoms with van der Waals surface area (Å²) in [6.07, 6.45) is 0. The third-order valence-electron chi connectivity index (χ3n) is 2.88. The molecule has 6 heteroatoms. The Labute approximate surface area is 118 Å². The number of nitrogen functional groups attached to an aromatic ring is 1. The van der Waals surface area contributed by atoms with E-state index >= 15 is 0 Å². The highest BCUT2D eigenvalue weighted by molar-refractivity contribution is 5.92. The minimum atomic E-state index is -0.398. The van der Waals surface area contributed by atoms with Gasteiger partial charge in [-0.25, -0.2) is 4.79 Å². The summed E-state index contributed by atoms with van der Waals surface area (Å²) in [6, 6.07) is 4.92. The van der Waals surface area contributed by atoms with Crippen molar-refractivity contribution in [3.8, 4) is 0 Å². The first-order valence-electron chi connectivity index (χ1n) is 6.55. The highest BCUT2D eigenvalue weighted by atomic mass is 16.5. The van der Waals surface area contributed by atoms with Gasteiger partial charge >= 0.3 is 5.97 Å². The quantitative estimate of drug-likeness (QED) is 0.600. The molecule has 0 aliphatic carbocycles. The lowest BCUT2D eigenvalue weighted by molar-refractivity contribution is -0.119. The number of hydrogen-bond donors (Lipinski definition) is 2. The van der Waals surface area contributed by atoms with E-state index in [-0.39, 0.29) is 12.5 Å². The van der Waals surface area contributed by atoms with E-state index in [2.05, 4.69) is 5.32 Å². The fourth-order valence-electron chi connectivity index (χ4n) is 1.78. The highest BCUT2D eigenvalue weighted by Crippen LogP contribution is 2.24. The molecule has 1 rings (SSSR count). The topological polar surface area (TPSA) is 84.7 Å². The van der Waals surface area contributed by atoms with Gasteiger partial charge in [-0.1, -0.05) is 0 Å². The molecule has 0 fully saturated rings. The molecule has 0 heterocycles. The van der Waals surface area contributed by atoms with E-state index in [1.165, 1.54) is 0 Å². The van der Waals surface area contributed by atoms with Gasteiger partial charge in [0.25, 0.3) is 0 Å². The van der Waals surface area contributed by atoms with E-state index in [9.17, 15) is 9.59 Å². The Kier molecular flexibility index (Phi) is 5.83. The lowest BCUT2D eigenvalue weighted by Gasteiger charge is -2.24. The second kappa shape index (κ2) is 7.37. The number of hydrogen-bond acceptors (Lipinski definition) is 5. The van der Waals surface area contributed by atoms with Gasteiger partial charge in [0.05, 0.1) is 30.1 Å². The van der Waals surface area contributed by atoms with Gasteiger partial charge in [0.2, 0.25) is 5.91 Å². The van der Waals surface area contributed by atoms with Crippen LogP contribution in [0.15, 0.2) is 18.2 Å². The van der Waals surface area contributed by atoms with E-state index in [4.69, 9.17) is 10.5 Å². The molecule has 1 amide bonds. The van der Waals surface area contributed by atoms with Gasteiger partial charge in [0.1, 0.15) is 0 Å². The molecule has 0 unspecified atom stereocenters. The maximum atomic E-state index is 11.7. The minimum absolute atomic E-state index is 0.118. The summed E-state index contributed by atoms with van der Waals surface area (Å²) in [6.45, 7) is 4.76. The van der Waals surface area contributed by atoms with E-state index < -0.39 is 5.97 Å². The van der Waals surface area contributed by atoms with Crippen LogP contribution in [-0.2, 0) is 9.53 Å². The first-order valence-corrected chi connectivity index (χ1v) is 6.55. The maximum Gasteiger partial charge on any atom is 0.338 e. The van der Waals surface area contributed by atoms with Crippen molar-refractivity contribution in [2.45, 2.75) is 13.8 Å². The summed E-state index contributed by atoms with van der Waals surface area (Å²) < 4.78 is 4.96. The zero-order chi connectivity index (χ0) is 15.1. The van der Waals surface area contributed by atoms with Crippen LogP contribution in [0, 0.1) is 0 Å². The van der Waals surface area contributed by atoms with Crippen molar-refractivity contribution >= 4 is 23.3 Å². The maximum absolute atomic E-state index is 11.7. The number of nitrogens with zero attached hydrogens (tertiary/aromatic N) is 1. The zero-order valence-corrected chi connectivity index (χ0v) is 12.1. The predicted octanol–water partition coefficient (Wildman–Crippen LogP) is 1.02. The third-order valence-corrected chi connectivity index (χ3v) is 2.88. The number of anilines is 2. The van der Waals surface area contributed by atoms with Gasteiger partial charge < -0.3 is 20.7 Å². The van der Waals surface area contributed by atoms with Crippen LogP contribution in [0.3, 0.4) is 0 Å². The zero-order valence-electron chi connectivity index (χ0n) is 12.1. The Morgan fingerprint density at radius 1 is 1.35 bits per heavy atom. The molecule has 6 nitrogen and oxygen atoms in total. The number of ether oxygens (including phenoxy) is 1. The third kappa shape index (κ3) is 3.88. The number of carbonyl (C=O) groups excluding carboxylic acids is 2. The first-order chi connectivity index (χ1) is 9.53. The van der Waals surface area contributed by atoms with Crippen LogP contribution in [0.2, 0.25) is 0 Å². The van der Waals surface area contributed by atoms with Crippen LogP contribution >= 0.6 is 0 Å². The number of nitrogens with two attached hydrogens (primary N) is 1. The number of amides is 1. The molecule has 0 saturated carbocycles. The minimum Gasteiger partial charge on any atom is -0.462 e. The van der Waals surface area contributed by atoms with Crippen LogP contribution in [0.25, 0.3) is 0 Å². The number of carbonyl (C=O) groups is 2. The molecule has 0 spiro atoms. The Balaban J connectivity index is 3.05. The molecule has 0 atom stereocenters. The monoisotopic (exact) mass is 279 g/mol. The van der Waals surface area contributed by atoms with Gasteiger partial charge in [0.15, 0.2) is 0 Å². The molecule has 3 N–H and O–H groups in total. The molecule has 0 aliphatic heterocycles. The molecule has 1 aromatic carbocycles. The summed E-state index contributed by atoms with van der Waals surface area (Å²) in [7, 11) is 1.58. The molecule has 0 aromatic heterocycles. The van der Waals surface area contributed by atoms with E-state index in [1.54, 1.807) is 37.1 Å². The summed E-state index contributed by atoms with van der Waals surface area (Å²) in [5, 5.41) is 2.56. The predicted molar refractivity (Wildman–Crippen MR) is 78.8 cm³/mol. The average molecular weight is 279 g/mol. The van der Waals surface area contributed by atoms with Crippen molar-refractivity contribution < 1.29 is 14.3 Å². The van der Waals surface area contributed by atoms with Crippen molar-refractivity contribution in [1.82, 2.24) is 5.32 Å². The largest absolute Gasteiger partial charge is 0.462 e. The van der Waals surface area contributed by atoms with E-state index in [0.717, 1.165) is 0 Å². The van der Waals surface area contributed by atoms with E-state index in [1.807, 2.05) is 6.92 Å². The molecule has 20 heavy (non-hydrogen) atoms. The van der Waals surface area contributed by atoms with Crippen molar-refractivity contribution in [3.05, 3.63) is 23.8 Å². The number of likely N-dealkylation sites (N-methyl/N-ethyl adjacent to an activating group) is 2. The molecular weight excluding hydrogens is 258 g/mol. The lowest BCUT2D eigenvalue weighted by Crippen LogP contribution is -2.36. The Hall–Kier alpha value is -2.24. The Morgan fingerprint density at radius 3 is 2.60 bits per heavy atom. The Morgan fingerprint density at radius 2 is 2.05 bits per heavy atom. The molecule has 0 aliphatic rings. The van der Waals surface area contributed by atoms with Gasteiger partial charge in [-0.2, -0.15) is 0 Å². The van der Waals surface area contributed by atoms with Crippen molar-refractivity contribution in [1.29, 1.82) is 0 Å². The molecule has 0 bridgehead atoms. The second-order valence-electron chi connectivity index (χ2n) is 4.18.